The van der Waals surface area contributed by atoms with E-state index >= 15 is 0 Å². The first-order valence-corrected chi connectivity index (χ1v) is 7.77. The van der Waals surface area contributed by atoms with Crippen LogP contribution in [0.2, 0.25) is 0 Å². The minimum absolute atomic E-state index is 0.104. The number of hydrogen-bond acceptors (Lipinski definition) is 5. The maximum atomic E-state index is 11.3. The molecule has 0 amide bonds. The van der Waals surface area contributed by atoms with Gasteiger partial charge in [0.25, 0.3) is 0 Å². The van der Waals surface area contributed by atoms with Crippen LogP contribution >= 0.6 is 11.8 Å². The third-order valence-corrected chi connectivity index (χ3v) is 3.93. The van der Waals surface area contributed by atoms with Gasteiger partial charge in [-0.1, -0.05) is 6.92 Å². The third kappa shape index (κ3) is 3.19. The first-order valence-electron chi connectivity index (χ1n) is 6.38. The van der Waals surface area contributed by atoms with Crippen molar-refractivity contribution in [2.45, 2.75) is 6.92 Å². The highest BCUT2D eigenvalue weighted by Crippen LogP contribution is 2.32. The fourth-order valence-corrected chi connectivity index (χ4v) is 2.79. The minimum atomic E-state index is -0.342. The number of benzene rings is 1. The van der Waals surface area contributed by atoms with Gasteiger partial charge in [0.05, 0.1) is 15.8 Å². The molecular formula is C14H17N3O2S. The quantitative estimate of drug-likeness (QED) is 0.651. The van der Waals surface area contributed by atoms with Crippen molar-refractivity contribution >= 4 is 34.0 Å². The zero-order valence-corrected chi connectivity index (χ0v) is 12.3. The van der Waals surface area contributed by atoms with Crippen LogP contribution in [0.3, 0.4) is 0 Å². The second-order valence-corrected chi connectivity index (χ2v) is 5.64. The van der Waals surface area contributed by atoms with Crippen LogP contribution < -0.4 is 5.32 Å². The van der Waals surface area contributed by atoms with Crippen LogP contribution in [0, 0.1) is 16.0 Å². The van der Waals surface area contributed by atoms with Crippen LogP contribution in [-0.2, 0) is 0 Å². The zero-order valence-electron chi connectivity index (χ0n) is 11.5. The number of nitrogens with one attached hydrogen (secondary N) is 1. The van der Waals surface area contributed by atoms with Crippen molar-refractivity contribution in [1.82, 2.24) is 4.98 Å². The Kier molecular flexibility index (Phi) is 4.79. The van der Waals surface area contributed by atoms with Gasteiger partial charge in [-0.05, 0) is 42.2 Å². The summed E-state index contributed by atoms with van der Waals surface area (Å²) >= 11 is 1.77. The highest BCUT2D eigenvalue weighted by molar-refractivity contribution is 7.98. The summed E-state index contributed by atoms with van der Waals surface area (Å²) in [5.41, 5.74) is 1.30. The molecule has 1 N–H and O–H groups in total. The summed E-state index contributed by atoms with van der Waals surface area (Å²) in [5, 5.41) is 15.1. The smallest absolute Gasteiger partial charge is 0.301 e. The van der Waals surface area contributed by atoms with Crippen LogP contribution in [0.5, 0.6) is 0 Å². The number of thioether (sulfide) groups is 1. The maximum absolute atomic E-state index is 11.3. The first-order chi connectivity index (χ1) is 9.63. The van der Waals surface area contributed by atoms with E-state index in [2.05, 4.69) is 23.5 Å². The number of hydrogen-bond donors (Lipinski definition) is 1. The summed E-state index contributed by atoms with van der Waals surface area (Å²) < 4.78 is 0. The predicted molar refractivity (Wildman–Crippen MR) is 84.4 cm³/mol. The minimum Gasteiger partial charge on any atom is -0.379 e. The predicted octanol–water partition coefficient (Wildman–Crippen LogP) is 3.55. The first kappa shape index (κ1) is 14.6. The molecule has 0 aliphatic rings. The lowest BCUT2D eigenvalue weighted by atomic mass is 10.1. The fourth-order valence-electron chi connectivity index (χ4n) is 2.10. The Hall–Kier alpha value is -1.82. The fraction of sp³-hybridized carbons (Fsp3) is 0.357. The Morgan fingerprint density at radius 1 is 1.45 bits per heavy atom. The van der Waals surface area contributed by atoms with E-state index in [0.717, 1.165) is 5.75 Å². The SMILES string of the molecule is CSCC(C)CNc1ccc2ncccc2c1[N+](=O)[O-]. The van der Waals surface area contributed by atoms with Crippen LogP contribution in [0.4, 0.5) is 11.4 Å². The molecule has 0 aliphatic heterocycles. The van der Waals surface area contributed by atoms with Crippen molar-refractivity contribution in [1.29, 1.82) is 0 Å². The maximum Gasteiger partial charge on any atom is 0.301 e. The molecule has 1 aromatic heterocycles. The second-order valence-electron chi connectivity index (χ2n) is 4.73. The van der Waals surface area contributed by atoms with Gasteiger partial charge in [-0.2, -0.15) is 11.8 Å². The van der Waals surface area contributed by atoms with Crippen molar-refractivity contribution in [2.75, 3.05) is 23.9 Å². The molecule has 5 nitrogen and oxygen atoms in total. The molecule has 1 aromatic carbocycles. The van der Waals surface area contributed by atoms with Gasteiger partial charge in [-0.25, -0.2) is 0 Å². The molecule has 0 saturated carbocycles. The number of nitro benzene ring substituents is 1. The molecule has 1 heterocycles. The Morgan fingerprint density at radius 2 is 2.25 bits per heavy atom. The molecule has 0 saturated heterocycles. The van der Waals surface area contributed by atoms with Gasteiger partial charge < -0.3 is 5.32 Å². The Morgan fingerprint density at radius 3 is 2.95 bits per heavy atom. The molecular weight excluding hydrogens is 274 g/mol. The standard InChI is InChI=1S/C14H17N3O2S/c1-10(9-20-2)8-16-13-6-5-12-11(4-3-7-15-12)14(13)17(18)19/h3-7,10,16H,8-9H2,1-2H3. The molecule has 0 aliphatic carbocycles. The Bertz CT molecular complexity index is 618. The summed E-state index contributed by atoms with van der Waals surface area (Å²) in [4.78, 5) is 15.2. The van der Waals surface area contributed by atoms with Crippen LogP contribution in [0.25, 0.3) is 10.9 Å². The number of rotatable bonds is 6. The van der Waals surface area contributed by atoms with Crippen molar-refractivity contribution in [3.05, 3.63) is 40.6 Å². The van der Waals surface area contributed by atoms with E-state index in [1.807, 2.05) is 6.07 Å². The summed E-state index contributed by atoms with van der Waals surface area (Å²) in [6, 6.07) is 7.00. The van der Waals surface area contributed by atoms with Crippen LogP contribution in [-0.4, -0.2) is 28.5 Å². The largest absolute Gasteiger partial charge is 0.379 e. The molecule has 6 heteroatoms. The molecule has 2 aromatic rings. The molecule has 0 bridgehead atoms. The second kappa shape index (κ2) is 6.56. The summed E-state index contributed by atoms with van der Waals surface area (Å²) in [6.45, 7) is 2.84. The molecule has 1 unspecified atom stereocenters. The molecule has 0 fully saturated rings. The summed E-state index contributed by atoms with van der Waals surface area (Å²) in [5.74, 6) is 1.48. The lowest BCUT2D eigenvalue weighted by molar-refractivity contribution is -0.382. The van der Waals surface area contributed by atoms with E-state index in [0.29, 0.717) is 29.1 Å². The van der Waals surface area contributed by atoms with Gasteiger partial charge in [0, 0.05) is 12.7 Å². The van der Waals surface area contributed by atoms with Crippen molar-refractivity contribution in [3.63, 3.8) is 0 Å². The van der Waals surface area contributed by atoms with Gasteiger partial charge in [-0.15, -0.1) is 0 Å². The molecule has 0 spiro atoms. The van der Waals surface area contributed by atoms with E-state index in [-0.39, 0.29) is 10.6 Å². The number of anilines is 1. The zero-order chi connectivity index (χ0) is 14.5. The van der Waals surface area contributed by atoms with Gasteiger partial charge in [0.2, 0.25) is 0 Å². The lowest BCUT2D eigenvalue weighted by Crippen LogP contribution is -2.14. The van der Waals surface area contributed by atoms with Crippen molar-refractivity contribution < 1.29 is 4.92 Å². The van der Waals surface area contributed by atoms with Gasteiger partial charge in [0.15, 0.2) is 0 Å². The molecule has 1 atom stereocenters. The summed E-state index contributed by atoms with van der Waals surface area (Å²) in [6.07, 6.45) is 3.69. The third-order valence-electron chi connectivity index (χ3n) is 3.03. The van der Waals surface area contributed by atoms with E-state index in [1.54, 1.807) is 36.2 Å². The average molecular weight is 291 g/mol. The van der Waals surface area contributed by atoms with Crippen LogP contribution in [0.1, 0.15) is 6.92 Å². The molecule has 2 rings (SSSR count). The van der Waals surface area contributed by atoms with E-state index < -0.39 is 0 Å². The van der Waals surface area contributed by atoms with Gasteiger partial charge >= 0.3 is 5.69 Å². The Labute approximate surface area is 121 Å². The highest BCUT2D eigenvalue weighted by atomic mass is 32.2. The topological polar surface area (TPSA) is 68.1 Å². The average Bonchev–Trinajstić information content (AvgIpc) is 2.44. The number of nitrogens with zero attached hydrogens (tertiary/aromatic N) is 2. The molecule has 106 valence electrons. The van der Waals surface area contributed by atoms with Crippen molar-refractivity contribution in [3.8, 4) is 0 Å². The van der Waals surface area contributed by atoms with Crippen LogP contribution in [0.15, 0.2) is 30.5 Å². The highest BCUT2D eigenvalue weighted by Gasteiger charge is 2.18. The number of fused-ring (bicyclic) bond motifs is 1. The number of nitro groups is 1. The van der Waals surface area contributed by atoms with Gasteiger partial charge in [0.1, 0.15) is 5.69 Å². The number of pyridine rings is 1. The van der Waals surface area contributed by atoms with Gasteiger partial charge in [-0.3, -0.25) is 15.1 Å². The Balaban J connectivity index is 2.33. The summed E-state index contributed by atoms with van der Waals surface area (Å²) in [7, 11) is 0. The lowest BCUT2D eigenvalue weighted by Gasteiger charge is -2.13. The normalized spacial score (nSPS) is 12.3. The van der Waals surface area contributed by atoms with E-state index in [9.17, 15) is 10.1 Å². The molecule has 0 radical (unpaired) electrons. The number of aromatic nitrogens is 1. The van der Waals surface area contributed by atoms with Crippen molar-refractivity contribution in [2.24, 2.45) is 5.92 Å². The monoisotopic (exact) mass is 291 g/mol. The van der Waals surface area contributed by atoms with E-state index in [1.165, 1.54) is 0 Å². The molecule has 20 heavy (non-hydrogen) atoms. The van der Waals surface area contributed by atoms with E-state index in [4.69, 9.17) is 0 Å².